The third-order valence-electron chi connectivity index (χ3n) is 5.49. The number of ether oxygens (including phenoxy) is 1. The van der Waals surface area contributed by atoms with Crippen LogP contribution in [0.5, 0.6) is 0 Å². The van der Waals surface area contributed by atoms with Crippen LogP contribution in [0.15, 0.2) is 60.2 Å². The van der Waals surface area contributed by atoms with Crippen LogP contribution >= 0.6 is 0 Å². The van der Waals surface area contributed by atoms with E-state index in [1.54, 1.807) is 0 Å². The highest BCUT2D eigenvalue weighted by molar-refractivity contribution is 6.04. The number of nitrogens with one attached hydrogen (secondary N) is 2. The SMILES string of the molecule is COC(=O)C1=C(c2ccccc2)NC(=O)NC1c1ccc(N2CCCCC2)cc1. The molecule has 1 saturated heterocycles. The first kappa shape index (κ1) is 19.1. The van der Waals surface area contributed by atoms with Crippen molar-refractivity contribution in [3.05, 3.63) is 71.3 Å². The summed E-state index contributed by atoms with van der Waals surface area (Å²) in [7, 11) is 1.35. The molecule has 0 bridgehead atoms. The van der Waals surface area contributed by atoms with Crippen molar-refractivity contribution in [2.24, 2.45) is 0 Å². The number of piperidine rings is 1. The summed E-state index contributed by atoms with van der Waals surface area (Å²) in [4.78, 5) is 27.4. The molecular formula is C23H25N3O3. The minimum Gasteiger partial charge on any atom is -0.466 e. The van der Waals surface area contributed by atoms with Gasteiger partial charge in [-0.05, 0) is 42.5 Å². The molecule has 29 heavy (non-hydrogen) atoms. The number of hydrogen-bond donors (Lipinski definition) is 2. The Balaban J connectivity index is 1.72. The summed E-state index contributed by atoms with van der Waals surface area (Å²) in [6, 6.07) is 16.5. The molecule has 1 fully saturated rings. The predicted octanol–water partition coefficient (Wildman–Crippen LogP) is 3.62. The van der Waals surface area contributed by atoms with E-state index in [1.165, 1.54) is 32.1 Å². The maximum atomic E-state index is 12.7. The van der Waals surface area contributed by atoms with E-state index < -0.39 is 12.0 Å². The van der Waals surface area contributed by atoms with Crippen molar-refractivity contribution in [2.75, 3.05) is 25.1 Å². The maximum Gasteiger partial charge on any atom is 0.338 e. The van der Waals surface area contributed by atoms with Gasteiger partial charge in [0.05, 0.1) is 24.4 Å². The lowest BCUT2D eigenvalue weighted by Gasteiger charge is -2.31. The molecule has 2 aliphatic rings. The molecule has 0 radical (unpaired) electrons. The third kappa shape index (κ3) is 3.97. The van der Waals surface area contributed by atoms with Gasteiger partial charge in [0.15, 0.2) is 0 Å². The van der Waals surface area contributed by atoms with Gasteiger partial charge in [0.2, 0.25) is 0 Å². The van der Waals surface area contributed by atoms with Crippen molar-refractivity contribution in [3.8, 4) is 0 Å². The molecule has 0 aromatic heterocycles. The van der Waals surface area contributed by atoms with Crippen LogP contribution in [0, 0.1) is 0 Å². The molecular weight excluding hydrogens is 366 g/mol. The van der Waals surface area contributed by atoms with Crippen LogP contribution < -0.4 is 15.5 Å². The number of methoxy groups -OCH3 is 1. The minimum atomic E-state index is -0.582. The van der Waals surface area contributed by atoms with E-state index in [0.29, 0.717) is 11.3 Å². The fourth-order valence-electron chi connectivity index (χ4n) is 4.01. The quantitative estimate of drug-likeness (QED) is 0.781. The second kappa shape index (κ2) is 8.39. The summed E-state index contributed by atoms with van der Waals surface area (Å²) in [5.74, 6) is -0.471. The molecule has 1 atom stereocenters. The van der Waals surface area contributed by atoms with Crippen LogP contribution in [-0.4, -0.2) is 32.2 Å². The molecule has 0 spiro atoms. The van der Waals surface area contributed by atoms with Crippen molar-refractivity contribution < 1.29 is 14.3 Å². The van der Waals surface area contributed by atoms with E-state index in [-0.39, 0.29) is 6.03 Å². The number of hydrogen-bond acceptors (Lipinski definition) is 4. The maximum absolute atomic E-state index is 12.7. The third-order valence-corrected chi connectivity index (χ3v) is 5.49. The first-order valence-electron chi connectivity index (χ1n) is 9.97. The molecule has 0 saturated carbocycles. The summed E-state index contributed by atoms with van der Waals surface area (Å²) in [5.41, 5.74) is 3.64. The second-order valence-electron chi connectivity index (χ2n) is 7.32. The summed E-state index contributed by atoms with van der Waals surface area (Å²) in [6.07, 6.45) is 3.70. The highest BCUT2D eigenvalue weighted by atomic mass is 16.5. The molecule has 2 amide bonds. The van der Waals surface area contributed by atoms with Crippen LogP contribution in [0.2, 0.25) is 0 Å². The largest absolute Gasteiger partial charge is 0.466 e. The van der Waals surface area contributed by atoms with E-state index in [1.807, 2.05) is 42.5 Å². The van der Waals surface area contributed by atoms with Gasteiger partial charge in [-0.15, -0.1) is 0 Å². The van der Waals surface area contributed by atoms with Crippen molar-refractivity contribution >= 4 is 23.4 Å². The van der Waals surface area contributed by atoms with Gasteiger partial charge in [-0.1, -0.05) is 42.5 Å². The van der Waals surface area contributed by atoms with Crippen LogP contribution in [0.25, 0.3) is 5.70 Å². The van der Waals surface area contributed by atoms with Crippen LogP contribution in [-0.2, 0) is 9.53 Å². The van der Waals surface area contributed by atoms with Crippen molar-refractivity contribution in [2.45, 2.75) is 25.3 Å². The number of esters is 1. The Morgan fingerprint density at radius 1 is 1.00 bits per heavy atom. The zero-order chi connectivity index (χ0) is 20.2. The second-order valence-corrected chi connectivity index (χ2v) is 7.32. The Morgan fingerprint density at radius 3 is 2.34 bits per heavy atom. The Bertz CT molecular complexity index is 916. The average molecular weight is 391 g/mol. The van der Waals surface area contributed by atoms with E-state index >= 15 is 0 Å². The van der Waals surface area contributed by atoms with Gasteiger partial charge >= 0.3 is 12.0 Å². The molecule has 4 rings (SSSR count). The van der Waals surface area contributed by atoms with Crippen LogP contribution in [0.1, 0.15) is 36.4 Å². The lowest BCUT2D eigenvalue weighted by Crippen LogP contribution is -2.45. The number of amides is 2. The van der Waals surface area contributed by atoms with E-state index in [0.717, 1.165) is 24.2 Å². The first-order valence-corrected chi connectivity index (χ1v) is 9.97. The van der Waals surface area contributed by atoms with E-state index in [9.17, 15) is 9.59 Å². The normalized spacial score (nSPS) is 19.4. The summed E-state index contributed by atoms with van der Waals surface area (Å²) in [6.45, 7) is 2.13. The Kier molecular flexibility index (Phi) is 5.51. The van der Waals surface area contributed by atoms with Gasteiger partial charge in [0.1, 0.15) is 0 Å². The zero-order valence-electron chi connectivity index (χ0n) is 16.5. The summed E-state index contributed by atoms with van der Waals surface area (Å²) >= 11 is 0. The lowest BCUT2D eigenvalue weighted by atomic mass is 9.92. The van der Waals surface area contributed by atoms with Crippen LogP contribution in [0.3, 0.4) is 0 Å². The van der Waals surface area contributed by atoms with Crippen molar-refractivity contribution in [1.82, 2.24) is 10.6 Å². The molecule has 2 aliphatic heterocycles. The topological polar surface area (TPSA) is 70.7 Å². The molecule has 2 aromatic rings. The molecule has 6 nitrogen and oxygen atoms in total. The summed E-state index contributed by atoms with van der Waals surface area (Å²) < 4.78 is 5.05. The fourth-order valence-corrected chi connectivity index (χ4v) is 4.01. The highest BCUT2D eigenvalue weighted by Gasteiger charge is 2.34. The predicted molar refractivity (Wildman–Crippen MR) is 112 cm³/mol. The standard InChI is InChI=1S/C23H25N3O3/c1-29-22(27)19-20(16-8-4-2-5-9-16)24-23(28)25-21(19)17-10-12-18(13-11-17)26-14-6-3-7-15-26/h2,4-5,8-13,21H,3,6-7,14-15H2,1H3,(H2,24,25,28). The Morgan fingerprint density at radius 2 is 1.69 bits per heavy atom. The van der Waals surface area contributed by atoms with Gasteiger partial charge in [-0.3, -0.25) is 0 Å². The fraction of sp³-hybridized carbons (Fsp3) is 0.304. The van der Waals surface area contributed by atoms with E-state index in [2.05, 4.69) is 27.7 Å². The number of benzene rings is 2. The molecule has 1 unspecified atom stereocenters. The number of rotatable bonds is 4. The molecule has 2 aromatic carbocycles. The molecule has 6 heteroatoms. The smallest absolute Gasteiger partial charge is 0.338 e. The highest BCUT2D eigenvalue weighted by Crippen LogP contribution is 2.33. The van der Waals surface area contributed by atoms with Gasteiger partial charge in [-0.2, -0.15) is 0 Å². The lowest BCUT2D eigenvalue weighted by molar-refractivity contribution is -0.136. The number of nitrogens with zero attached hydrogens (tertiary/aromatic N) is 1. The average Bonchev–Trinajstić information content (AvgIpc) is 2.79. The van der Waals surface area contributed by atoms with Crippen LogP contribution in [0.4, 0.5) is 10.5 Å². The van der Waals surface area contributed by atoms with Gasteiger partial charge in [0, 0.05) is 18.8 Å². The zero-order valence-corrected chi connectivity index (χ0v) is 16.5. The molecule has 150 valence electrons. The Hall–Kier alpha value is -3.28. The Labute approximate surface area is 170 Å². The molecule has 2 N–H and O–H groups in total. The van der Waals surface area contributed by atoms with Crippen molar-refractivity contribution in [1.29, 1.82) is 0 Å². The number of carbonyl (C=O) groups excluding carboxylic acids is 2. The number of carbonyl (C=O) groups is 2. The molecule has 2 heterocycles. The van der Waals surface area contributed by atoms with E-state index in [4.69, 9.17) is 4.74 Å². The van der Waals surface area contributed by atoms with Gasteiger partial charge in [-0.25, -0.2) is 9.59 Å². The van der Waals surface area contributed by atoms with Crippen molar-refractivity contribution in [3.63, 3.8) is 0 Å². The summed E-state index contributed by atoms with van der Waals surface area (Å²) in [5, 5.41) is 5.66. The molecule has 0 aliphatic carbocycles. The number of urea groups is 1. The van der Waals surface area contributed by atoms with Gasteiger partial charge in [0.25, 0.3) is 0 Å². The first-order chi connectivity index (χ1) is 14.2. The monoisotopic (exact) mass is 391 g/mol. The minimum absolute atomic E-state index is 0.346. The van der Waals surface area contributed by atoms with Gasteiger partial charge < -0.3 is 20.3 Å². The number of anilines is 1.